The van der Waals surface area contributed by atoms with E-state index >= 15 is 0 Å². The monoisotopic (exact) mass is 261 g/mol. The Kier molecular flexibility index (Phi) is 4.94. The Bertz CT molecular complexity index is 423. The molecule has 104 valence electrons. The van der Waals surface area contributed by atoms with Crippen LogP contribution in [0.3, 0.4) is 0 Å². The first-order chi connectivity index (χ1) is 9.20. The molecule has 19 heavy (non-hydrogen) atoms. The van der Waals surface area contributed by atoms with E-state index in [0.29, 0.717) is 11.9 Å². The number of rotatable bonds is 5. The number of aryl methyl sites for hydroxylation is 1. The summed E-state index contributed by atoms with van der Waals surface area (Å²) in [6.45, 7) is 11.2. The van der Waals surface area contributed by atoms with E-state index in [9.17, 15) is 0 Å². The molecule has 0 atom stereocenters. The van der Waals surface area contributed by atoms with Gasteiger partial charge in [0, 0.05) is 51.2 Å². The third-order valence-corrected chi connectivity index (χ3v) is 3.83. The molecular weight excluding hydrogens is 238 g/mol. The van der Waals surface area contributed by atoms with E-state index in [4.69, 9.17) is 5.26 Å². The van der Waals surface area contributed by atoms with Crippen LogP contribution >= 0.6 is 0 Å². The van der Waals surface area contributed by atoms with E-state index in [2.05, 4.69) is 34.7 Å². The second kappa shape index (κ2) is 6.69. The van der Waals surface area contributed by atoms with E-state index in [0.717, 1.165) is 32.6 Å². The van der Waals surface area contributed by atoms with Crippen LogP contribution in [0.15, 0.2) is 12.4 Å². The van der Waals surface area contributed by atoms with Crippen LogP contribution in [0.1, 0.15) is 26.1 Å². The van der Waals surface area contributed by atoms with Gasteiger partial charge in [0.05, 0.1) is 0 Å². The van der Waals surface area contributed by atoms with Crippen LogP contribution in [0.25, 0.3) is 0 Å². The largest absolute Gasteiger partial charge is 0.323 e. The number of nitrogens with zero attached hydrogens (tertiary/aromatic N) is 5. The molecule has 0 radical (unpaired) electrons. The lowest BCUT2D eigenvalue weighted by Gasteiger charge is -2.36. The predicted octanol–water partition coefficient (Wildman–Crippen LogP) is 1.17. The second-order valence-electron chi connectivity index (χ2n) is 5.38. The molecule has 5 nitrogen and oxygen atoms in total. The van der Waals surface area contributed by atoms with E-state index in [1.54, 1.807) is 6.20 Å². The quantitative estimate of drug-likeness (QED) is 0.798. The minimum absolute atomic E-state index is 0.518. The topological polar surface area (TPSA) is 48.1 Å². The van der Waals surface area contributed by atoms with Gasteiger partial charge in [-0.25, -0.2) is 4.98 Å². The highest BCUT2D eigenvalue weighted by atomic mass is 15.3. The minimum atomic E-state index is 0.518. The van der Waals surface area contributed by atoms with Crippen LogP contribution in [-0.4, -0.2) is 58.1 Å². The standard InChI is InChI=1S/C14H23N5/c1-13(2)18-10-8-17(9-11-18)5-3-6-19-7-4-16-14(19)12-15/h4,7,13H,3,5-6,8-11H2,1-2H3. The maximum atomic E-state index is 8.89. The highest BCUT2D eigenvalue weighted by Gasteiger charge is 2.18. The maximum absolute atomic E-state index is 8.89. The van der Waals surface area contributed by atoms with Crippen molar-refractivity contribution in [3.63, 3.8) is 0 Å². The molecule has 1 aromatic rings. The van der Waals surface area contributed by atoms with Crippen molar-refractivity contribution in [1.82, 2.24) is 19.4 Å². The molecule has 0 aliphatic carbocycles. The Labute approximate surface area is 115 Å². The van der Waals surface area contributed by atoms with Crippen molar-refractivity contribution in [1.29, 1.82) is 5.26 Å². The van der Waals surface area contributed by atoms with Crippen LogP contribution in [0, 0.1) is 11.3 Å². The summed E-state index contributed by atoms with van der Waals surface area (Å²) in [5, 5.41) is 8.89. The molecule has 2 heterocycles. The van der Waals surface area contributed by atoms with Gasteiger partial charge >= 0.3 is 0 Å². The Morgan fingerprint density at radius 2 is 2.00 bits per heavy atom. The van der Waals surface area contributed by atoms with Crippen molar-refractivity contribution < 1.29 is 0 Å². The van der Waals surface area contributed by atoms with Gasteiger partial charge in [0.25, 0.3) is 0 Å². The van der Waals surface area contributed by atoms with Gasteiger partial charge in [0.15, 0.2) is 0 Å². The molecule has 0 spiro atoms. The fraction of sp³-hybridized carbons (Fsp3) is 0.714. The minimum Gasteiger partial charge on any atom is -0.323 e. The number of nitriles is 1. The fourth-order valence-corrected chi connectivity index (χ4v) is 2.57. The molecule has 0 N–H and O–H groups in total. The summed E-state index contributed by atoms with van der Waals surface area (Å²) in [5.74, 6) is 0.518. The molecule has 0 bridgehead atoms. The van der Waals surface area contributed by atoms with Gasteiger partial charge < -0.3 is 9.47 Å². The first-order valence-electron chi connectivity index (χ1n) is 7.08. The van der Waals surface area contributed by atoms with Crippen molar-refractivity contribution in [2.75, 3.05) is 32.7 Å². The Hall–Kier alpha value is -1.38. The Morgan fingerprint density at radius 1 is 1.26 bits per heavy atom. The summed E-state index contributed by atoms with van der Waals surface area (Å²) in [6, 6.07) is 2.77. The van der Waals surface area contributed by atoms with Crippen molar-refractivity contribution in [3.05, 3.63) is 18.2 Å². The molecule has 0 saturated carbocycles. The molecule has 1 fully saturated rings. The number of piperazine rings is 1. The first kappa shape index (κ1) is 14.0. The third-order valence-electron chi connectivity index (χ3n) is 3.83. The van der Waals surface area contributed by atoms with Gasteiger partial charge in [0.2, 0.25) is 5.82 Å². The molecule has 5 heteroatoms. The Balaban J connectivity index is 1.69. The molecular formula is C14H23N5. The summed E-state index contributed by atoms with van der Waals surface area (Å²) in [7, 11) is 0. The molecule has 0 amide bonds. The first-order valence-corrected chi connectivity index (χ1v) is 7.08. The van der Waals surface area contributed by atoms with E-state index in [1.165, 1.54) is 13.1 Å². The summed E-state index contributed by atoms with van der Waals surface area (Å²) in [4.78, 5) is 9.05. The lowest BCUT2D eigenvalue weighted by atomic mass is 10.2. The smallest absolute Gasteiger partial charge is 0.212 e. The third kappa shape index (κ3) is 3.79. The molecule has 1 aromatic heterocycles. The molecule has 1 aliphatic rings. The SMILES string of the molecule is CC(C)N1CCN(CCCn2ccnc2C#N)CC1. The number of hydrogen-bond acceptors (Lipinski definition) is 4. The molecule has 0 unspecified atom stereocenters. The van der Waals surface area contributed by atoms with Gasteiger partial charge in [-0.1, -0.05) is 0 Å². The molecule has 1 saturated heterocycles. The van der Waals surface area contributed by atoms with Crippen LogP contribution in [0.2, 0.25) is 0 Å². The highest BCUT2D eigenvalue weighted by Crippen LogP contribution is 2.07. The summed E-state index contributed by atoms with van der Waals surface area (Å²) in [5.41, 5.74) is 0. The zero-order valence-corrected chi connectivity index (χ0v) is 11.9. The van der Waals surface area contributed by atoms with Crippen LogP contribution < -0.4 is 0 Å². The van der Waals surface area contributed by atoms with Crippen LogP contribution in [0.5, 0.6) is 0 Å². The van der Waals surface area contributed by atoms with Gasteiger partial charge in [0.1, 0.15) is 6.07 Å². The van der Waals surface area contributed by atoms with Gasteiger partial charge in [-0.15, -0.1) is 0 Å². The zero-order chi connectivity index (χ0) is 13.7. The van der Waals surface area contributed by atoms with Crippen molar-refractivity contribution in [2.45, 2.75) is 32.9 Å². The van der Waals surface area contributed by atoms with Gasteiger partial charge in [-0.3, -0.25) is 4.90 Å². The normalized spacial score (nSPS) is 17.8. The molecule has 1 aliphatic heterocycles. The predicted molar refractivity (Wildman–Crippen MR) is 74.7 cm³/mol. The van der Waals surface area contributed by atoms with E-state index in [1.807, 2.05) is 10.8 Å². The average Bonchev–Trinajstić information content (AvgIpc) is 2.87. The van der Waals surface area contributed by atoms with E-state index < -0.39 is 0 Å². The van der Waals surface area contributed by atoms with E-state index in [-0.39, 0.29) is 0 Å². The molecule has 2 rings (SSSR count). The number of imidazole rings is 1. The van der Waals surface area contributed by atoms with Crippen molar-refractivity contribution in [3.8, 4) is 6.07 Å². The second-order valence-corrected chi connectivity index (χ2v) is 5.38. The van der Waals surface area contributed by atoms with Crippen LogP contribution in [0.4, 0.5) is 0 Å². The van der Waals surface area contributed by atoms with Crippen molar-refractivity contribution >= 4 is 0 Å². The Morgan fingerprint density at radius 3 is 2.63 bits per heavy atom. The summed E-state index contributed by atoms with van der Waals surface area (Å²) < 4.78 is 1.93. The highest BCUT2D eigenvalue weighted by molar-refractivity contribution is 5.10. The zero-order valence-electron chi connectivity index (χ0n) is 11.9. The van der Waals surface area contributed by atoms with Crippen LogP contribution in [-0.2, 0) is 6.54 Å². The number of aromatic nitrogens is 2. The van der Waals surface area contributed by atoms with Crippen molar-refractivity contribution in [2.24, 2.45) is 0 Å². The molecule has 0 aromatic carbocycles. The summed E-state index contributed by atoms with van der Waals surface area (Å²) >= 11 is 0. The van der Waals surface area contributed by atoms with Gasteiger partial charge in [-0.05, 0) is 26.8 Å². The lowest BCUT2D eigenvalue weighted by molar-refractivity contribution is 0.107. The average molecular weight is 261 g/mol. The number of hydrogen-bond donors (Lipinski definition) is 0. The fourth-order valence-electron chi connectivity index (χ4n) is 2.57. The van der Waals surface area contributed by atoms with Gasteiger partial charge in [-0.2, -0.15) is 5.26 Å². The maximum Gasteiger partial charge on any atom is 0.212 e. The lowest BCUT2D eigenvalue weighted by Crippen LogP contribution is -2.49. The summed E-state index contributed by atoms with van der Waals surface area (Å²) in [6.07, 6.45) is 4.65.